The van der Waals surface area contributed by atoms with Gasteiger partial charge >= 0.3 is 0 Å². The Bertz CT molecular complexity index is 518. The van der Waals surface area contributed by atoms with Crippen molar-refractivity contribution in [2.24, 2.45) is 0 Å². The molecule has 0 bridgehead atoms. The van der Waals surface area contributed by atoms with E-state index in [4.69, 9.17) is 5.26 Å². The van der Waals surface area contributed by atoms with Crippen LogP contribution in [0, 0.1) is 25.2 Å². The SMILES string of the molecule is Cc1nc(Nc2cnc(C#N)cn2)sc1C. The summed E-state index contributed by atoms with van der Waals surface area (Å²) in [6, 6.07) is 1.92. The van der Waals surface area contributed by atoms with E-state index in [2.05, 4.69) is 20.3 Å². The molecule has 0 saturated carbocycles. The van der Waals surface area contributed by atoms with Crippen molar-refractivity contribution >= 4 is 22.3 Å². The third-order valence-corrected chi connectivity index (χ3v) is 3.02. The molecule has 1 N–H and O–H groups in total. The molecule has 2 aromatic rings. The van der Waals surface area contributed by atoms with Crippen molar-refractivity contribution in [1.29, 1.82) is 5.26 Å². The quantitative estimate of drug-likeness (QED) is 0.857. The molecule has 5 nitrogen and oxygen atoms in total. The van der Waals surface area contributed by atoms with Crippen LogP contribution in [0.2, 0.25) is 0 Å². The van der Waals surface area contributed by atoms with Crippen molar-refractivity contribution in [3.05, 3.63) is 28.7 Å². The van der Waals surface area contributed by atoms with E-state index in [1.54, 1.807) is 11.3 Å². The van der Waals surface area contributed by atoms with Gasteiger partial charge in [-0.25, -0.2) is 15.0 Å². The molecule has 0 radical (unpaired) electrons. The molecule has 2 heterocycles. The molecule has 0 aliphatic carbocycles. The van der Waals surface area contributed by atoms with Crippen molar-refractivity contribution in [2.75, 3.05) is 5.32 Å². The highest BCUT2D eigenvalue weighted by molar-refractivity contribution is 7.15. The summed E-state index contributed by atoms with van der Waals surface area (Å²) in [7, 11) is 0. The maximum Gasteiger partial charge on any atom is 0.188 e. The molecule has 0 unspecified atom stereocenters. The summed E-state index contributed by atoms with van der Waals surface area (Å²) in [4.78, 5) is 13.5. The lowest BCUT2D eigenvalue weighted by Crippen LogP contribution is -1.95. The number of rotatable bonds is 2. The molecule has 0 atom stereocenters. The van der Waals surface area contributed by atoms with Gasteiger partial charge in [-0.1, -0.05) is 0 Å². The zero-order valence-electron chi connectivity index (χ0n) is 8.85. The van der Waals surface area contributed by atoms with Crippen molar-refractivity contribution in [1.82, 2.24) is 15.0 Å². The minimum Gasteiger partial charge on any atom is -0.315 e. The number of anilines is 2. The van der Waals surface area contributed by atoms with Crippen LogP contribution in [0.3, 0.4) is 0 Å². The molecule has 2 aromatic heterocycles. The lowest BCUT2D eigenvalue weighted by molar-refractivity contribution is 1.15. The second-order valence-corrected chi connectivity index (χ2v) is 4.39. The topological polar surface area (TPSA) is 74.5 Å². The predicted octanol–water partition coefficient (Wildman–Crippen LogP) is 2.17. The fraction of sp³-hybridized carbons (Fsp3) is 0.200. The Morgan fingerprint density at radius 1 is 1.31 bits per heavy atom. The minimum atomic E-state index is 0.303. The van der Waals surface area contributed by atoms with E-state index in [9.17, 15) is 0 Å². The molecule has 6 heteroatoms. The molecule has 80 valence electrons. The van der Waals surface area contributed by atoms with Gasteiger partial charge in [0.05, 0.1) is 18.1 Å². The van der Waals surface area contributed by atoms with E-state index in [-0.39, 0.29) is 0 Å². The molecule has 16 heavy (non-hydrogen) atoms. The van der Waals surface area contributed by atoms with Crippen LogP contribution >= 0.6 is 11.3 Å². The van der Waals surface area contributed by atoms with Gasteiger partial charge in [-0.05, 0) is 13.8 Å². The van der Waals surface area contributed by atoms with Gasteiger partial charge in [0.1, 0.15) is 6.07 Å². The van der Waals surface area contributed by atoms with Crippen LogP contribution in [0.15, 0.2) is 12.4 Å². The largest absolute Gasteiger partial charge is 0.315 e. The summed E-state index contributed by atoms with van der Waals surface area (Å²) in [6.07, 6.45) is 2.94. The van der Waals surface area contributed by atoms with Gasteiger partial charge in [-0.3, -0.25) is 0 Å². The Hall–Kier alpha value is -2.00. The molecule has 0 amide bonds. The first-order valence-corrected chi connectivity index (χ1v) is 5.44. The molecule has 0 aromatic carbocycles. The summed E-state index contributed by atoms with van der Waals surface area (Å²) >= 11 is 1.56. The van der Waals surface area contributed by atoms with E-state index < -0.39 is 0 Å². The summed E-state index contributed by atoms with van der Waals surface area (Å²) < 4.78 is 0. The Morgan fingerprint density at radius 2 is 2.12 bits per heavy atom. The van der Waals surface area contributed by atoms with Crippen LogP contribution in [-0.4, -0.2) is 15.0 Å². The van der Waals surface area contributed by atoms with Gasteiger partial charge in [0.25, 0.3) is 0 Å². The Kier molecular flexibility index (Phi) is 2.79. The molecule has 2 rings (SSSR count). The van der Waals surface area contributed by atoms with Gasteiger partial charge in [0.2, 0.25) is 0 Å². The van der Waals surface area contributed by atoms with Crippen LogP contribution in [0.4, 0.5) is 10.9 Å². The summed E-state index contributed by atoms with van der Waals surface area (Å²) in [5.74, 6) is 0.591. The number of nitrogens with one attached hydrogen (secondary N) is 1. The van der Waals surface area contributed by atoms with E-state index in [0.29, 0.717) is 11.5 Å². The number of aryl methyl sites for hydroxylation is 2. The van der Waals surface area contributed by atoms with Gasteiger partial charge in [0.15, 0.2) is 16.6 Å². The van der Waals surface area contributed by atoms with Crippen LogP contribution in [0.5, 0.6) is 0 Å². The van der Waals surface area contributed by atoms with Gasteiger partial charge in [-0.15, -0.1) is 11.3 Å². The maximum absolute atomic E-state index is 8.57. The van der Waals surface area contributed by atoms with Crippen LogP contribution in [0.1, 0.15) is 16.3 Å². The average Bonchev–Trinajstić information content (AvgIpc) is 2.59. The Morgan fingerprint density at radius 3 is 2.62 bits per heavy atom. The number of nitrogens with zero attached hydrogens (tertiary/aromatic N) is 4. The van der Waals surface area contributed by atoms with Crippen molar-refractivity contribution < 1.29 is 0 Å². The standard InChI is InChI=1S/C10H9N5S/c1-6-7(2)16-10(14-6)15-9-5-12-8(3-11)4-13-9/h4-5H,1-2H3,(H,13,14,15). The smallest absolute Gasteiger partial charge is 0.188 e. The Balaban J connectivity index is 2.18. The van der Waals surface area contributed by atoms with E-state index in [0.717, 1.165) is 10.8 Å². The molecule has 0 saturated heterocycles. The lowest BCUT2D eigenvalue weighted by Gasteiger charge is -1.99. The van der Waals surface area contributed by atoms with Crippen LogP contribution in [-0.2, 0) is 0 Å². The van der Waals surface area contributed by atoms with Crippen molar-refractivity contribution in [2.45, 2.75) is 13.8 Å². The summed E-state index contributed by atoms with van der Waals surface area (Å²) in [5.41, 5.74) is 1.31. The normalized spacial score (nSPS) is 9.81. The van der Waals surface area contributed by atoms with E-state index in [1.807, 2.05) is 19.9 Å². The molecular weight excluding hydrogens is 222 g/mol. The fourth-order valence-electron chi connectivity index (χ4n) is 1.09. The monoisotopic (exact) mass is 231 g/mol. The second kappa shape index (κ2) is 4.24. The fourth-order valence-corrected chi connectivity index (χ4v) is 1.91. The molecule has 0 fully saturated rings. The number of nitriles is 1. The minimum absolute atomic E-state index is 0.303. The predicted molar refractivity (Wildman–Crippen MR) is 61.6 cm³/mol. The first-order valence-electron chi connectivity index (χ1n) is 4.62. The highest BCUT2D eigenvalue weighted by Gasteiger charge is 2.04. The molecule has 0 spiro atoms. The van der Waals surface area contributed by atoms with Gasteiger partial charge < -0.3 is 5.32 Å². The summed E-state index contributed by atoms with van der Waals surface area (Å²) in [6.45, 7) is 3.98. The average molecular weight is 231 g/mol. The number of hydrogen-bond donors (Lipinski definition) is 1. The third-order valence-electron chi connectivity index (χ3n) is 2.03. The zero-order valence-corrected chi connectivity index (χ0v) is 9.67. The Labute approximate surface area is 96.8 Å². The number of aromatic nitrogens is 3. The zero-order chi connectivity index (χ0) is 11.5. The maximum atomic E-state index is 8.57. The van der Waals surface area contributed by atoms with Crippen LogP contribution in [0.25, 0.3) is 0 Å². The summed E-state index contributed by atoms with van der Waals surface area (Å²) in [5, 5.41) is 12.4. The highest BCUT2D eigenvalue weighted by Crippen LogP contribution is 2.23. The number of thiazole rings is 1. The molecule has 0 aliphatic rings. The third kappa shape index (κ3) is 2.15. The van der Waals surface area contributed by atoms with Crippen LogP contribution < -0.4 is 5.32 Å². The number of hydrogen-bond acceptors (Lipinski definition) is 6. The first-order chi connectivity index (χ1) is 7.69. The lowest BCUT2D eigenvalue weighted by atomic mass is 10.4. The van der Waals surface area contributed by atoms with Gasteiger partial charge in [0, 0.05) is 4.88 Å². The second-order valence-electron chi connectivity index (χ2n) is 3.18. The first kappa shape index (κ1) is 10.5. The van der Waals surface area contributed by atoms with Crippen molar-refractivity contribution in [3.63, 3.8) is 0 Å². The molecule has 0 aliphatic heterocycles. The van der Waals surface area contributed by atoms with E-state index >= 15 is 0 Å². The van der Waals surface area contributed by atoms with Gasteiger partial charge in [-0.2, -0.15) is 5.26 Å². The van der Waals surface area contributed by atoms with Crippen molar-refractivity contribution in [3.8, 4) is 6.07 Å². The van der Waals surface area contributed by atoms with E-state index in [1.165, 1.54) is 17.3 Å². The molecular formula is C10H9N5S. The highest BCUT2D eigenvalue weighted by atomic mass is 32.1.